The molecular weight excluding hydrogens is 370 g/mol. The SMILES string of the molecule is CN=C(NCCCn1cccn1)NCc1ccc(C(=O)N2CCNC(=O)C2)cc1. The third-order valence-electron chi connectivity index (χ3n) is 4.63. The first-order chi connectivity index (χ1) is 14.2. The highest BCUT2D eigenvalue weighted by Gasteiger charge is 2.22. The van der Waals surface area contributed by atoms with Crippen LogP contribution < -0.4 is 16.0 Å². The Hall–Kier alpha value is -3.36. The number of hydrogen-bond donors (Lipinski definition) is 3. The predicted molar refractivity (Wildman–Crippen MR) is 110 cm³/mol. The molecule has 9 nitrogen and oxygen atoms in total. The van der Waals surface area contributed by atoms with Crippen LogP contribution in [0.1, 0.15) is 22.3 Å². The van der Waals surface area contributed by atoms with Gasteiger partial charge in [0.1, 0.15) is 0 Å². The molecule has 154 valence electrons. The number of aromatic nitrogens is 2. The number of carbonyl (C=O) groups excluding carboxylic acids is 2. The standard InChI is InChI=1S/C20H27N7O2/c1-21-20(23-8-2-11-27-12-3-9-25-27)24-14-16-4-6-17(7-5-16)19(29)26-13-10-22-18(28)15-26/h3-7,9,12H,2,8,10-11,13-15H2,1H3,(H,22,28)(H2,21,23,24). The Morgan fingerprint density at radius 3 is 2.79 bits per heavy atom. The van der Waals surface area contributed by atoms with Crippen molar-refractivity contribution in [2.45, 2.75) is 19.5 Å². The molecule has 0 radical (unpaired) electrons. The second kappa shape index (κ2) is 10.3. The normalized spacial score (nSPS) is 14.4. The molecule has 0 atom stereocenters. The van der Waals surface area contributed by atoms with Gasteiger partial charge >= 0.3 is 0 Å². The Bertz CT molecular complexity index is 831. The number of nitrogens with one attached hydrogen (secondary N) is 3. The number of nitrogens with zero attached hydrogens (tertiary/aromatic N) is 4. The van der Waals surface area contributed by atoms with E-state index in [1.807, 2.05) is 29.1 Å². The lowest BCUT2D eigenvalue weighted by Crippen LogP contribution is -2.49. The summed E-state index contributed by atoms with van der Waals surface area (Å²) in [4.78, 5) is 29.8. The van der Waals surface area contributed by atoms with Crippen molar-refractivity contribution in [3.8, 4) is 0 Å². The first-order valence-corrected chi connectivity index (χ1v) is 9.72. The van der Waals surface area contributed by atoms with E-state index >= 15 is 0 Å². The minimum atomic E-state index is -0.117. The van der Waals surface area contributed by atoms with Crippen LogP contribution in [0.15, 0.2) is 47.7 Å². The number of hydrogen-bond acceptors (Lipinski definition) is 4. The molecule has 0 spiro atoms. The maximum absolute atomic E-state index is 12.5. The van der Waals surface area contributed by atoms with Gasteiger partial charge in [-0.2, -0.15) is 5.10 Å². The topological polar surface area (TPSA) is 104 Å². The zero-order valence-corrected chi connectivity index (χ0v) is 16.6. The molecule has 29 heavy (non-hydrogen) atoms. The molecule has 1 fully saturated rings. The van der Waals surface area contributed by atoms with Gasteiger partial charge in [0.05, 0.1) is 6.54 Å². The summed E-state index contributed by atoms with van der Waals surface area (Å²) in [7, 11) is 1.74. The van der Waals surface area contributed by atoms with E-state index in [0.29, 0.717) is 25.2 Å². The van der Waals surface area contributed by atoms with Gasteiger partial charge in [-0.3, -0.25) is 19.3 Å². The summed E-state index contributed by atoms with van der Waals surface area (Å²) in [5.41, 5.74) is 1.63. The molecule has 9 heteroatoms. The summed E-state index contributed by atoms with van der Waals surface area (Å²) in [5.74, 6) is 0.493. The van der Waals surface area contributed by atoms with Crippen LogP contribution in [-0.2, 0) is 17.9 Å². The number of benzene rings is 1. The monoisotopic (exact) mass is 397 g/mol. The third kappa shape index (κ3) is 6.06. The number of rotatable bonds is 7. The Morgan fingerprint density at radius 1 is 1.28 bits per heavy atom. The highest BCUT2D eigenvalue weighted by Crippen LogP contribution is 2.09. The molecule has 0 aliphatic carbocycles. The first-order valence-electron chi connectivity index (χ1n) is 9.72. The zero-order chi connectivity index (χ0) is 20.5. The Morgan fingerprint density at radius 2 is 2.10 bits per heavy atom. The summed E-state index contributed by atoms with van der Waals surface area (Å²) in [6.45, 7) is 3.39. The molecule has 1 aromatic carbocycles. The highest BCUT2D eigenvalue weighted by atomic mass is 16.2. The quantitative estimate of drug-likeness (QED) is 0.352. The lowest BCUT2D eigenvalue weighted by Gasteiger charge is -2.26. The summed E-state index contributed by atoms with van der Waals surface area (Å²) >= 11 is 0. The number of guanidine groups is 1. The molecule has 0 unspecified atom stereocenters. The van der Waals surface area contributed by atoms with Crippen LogP contribution in [0, 0.1) is 0 Å². The average Bonchev–Trinajstić information content (AvgIpc) is 3.27. The van der Waals surface area contributed by atoms with Crippen molar-refractivity contribution in [3.63, 3.8) is 0 Å². The molecule has 0 saturated carbocycles. The van der Waals surface area contributed by atoms with Crippen molar-refractivity contribution >= 4 is 17.8 Å². The van der Waals surface area contributed by atoms with Crippen molar-refractivity contribution in [1.29, 1.82) is 0 Å². The van der Waals surface area contributed by atoms with Gasteiger partial charge in [-0.25, -0.2) is 0 Å². The van der Waals surface area contributed by atoms with Gasteiger partial charge in [-0.15, -0.1) is 0 Å². The zero-order valence-electron chi connectivity index (χ0n) is 16.6. The van der Waals surface area contributed by atoms with E-state index in [1.54, 1.807) is 30.3 Å². The summed E-state index contributed by atoms with van der Waals surface area (Å²) in [6.07, 6.45) is 4.66. The van der Waals surface area contributed by atoms with E-state index in [-0.39, 0.29) is 18.4 Å². The minimum absolute atomic E-state index is 0.116. The van der Waals surface area contributed by atoms with Gasteiger partial charge in [-0.1, -0.05) is 12.1 Å². The van der Waals surface area contributed by atoms with Gasteiger partial charge < -0.3 is 20.9 Å². The van der Waals surface area contributed by atoms with E-state index < -0.39 is 0 Å². The first kappa shape index (κ1) is 20.4. The van der Waals surface area contributed by atoms with Crippen LogP contribution >= 0.6 is 0 Å². The lowest BCUT2D eigenvalue weighted by molar-refractivity contribution is -0.123. The molecule has 1 aromatic heterocycles. The number of carbonyl (C=O) groups is 2. The molecule has 3 rings (SSSR count). The predicted octanol–water partition coefficient (Wildman–Crippen LogP) is 0.210. The van der Waals surface area contributed by atoms with E-state index in [9.17, 15) is 9.59 Å². The third-order valence-corrected chi connectivity index (χ3v) is 4.63. The van der Waals surface area contributed by atoms with Crippen molar-refractivity contribution in [2.75, 3.05) is 33.2 Å². The molecule has 2 amide bonds. The molecular formula is C20H27N7O2. The van der Waals surface area contributed by atoms with Crippen molar-refractivity contribution in [3.05, 3.63) is 53.9 Å². The Balaban J connectivity index is 1.42. The fourth-order valence-corrected chi connectivity index (χ4v) is 3.05. The summed E-state index contributed by atoms with van der Waals surface area (Å²) < 4.78 is 1.90. The summed E-state index contributed by atoms with van der Waals surface area (Å²) in [6, 6.07) is 9.33. The van der Waals surface area contributed by atoms with Crippen molar-refractivity contribution in [1.82, 2.24) is 30.6 Å². The van der Waals surface area contributed by atoms with Crippen LogP contribution in [0.25, 0.3) is 0 Å². The maximum atomic E-state index is 12.5. The fraction of sp³-hybridized carbons (Fsp3) is 0.400. The van der Waals surface area contributed by atoms with Gasteiger partial charge in [-0.05, 0) is 30.2 Å². The van der Waals surface area contributed by atoms with Gasteiger partial charge in [0.15, 0.2) is 5.96 Å². The molecule has 2 heterocycles. The maximum Gasteiger partial charge on any atom is 0.254 e. The van der Waals surface area contributed by atoms with Crippen molar-refractivity contribution < 1.29 is 9.59 Å². The molecule has 1 saturated heterocycles. The average molecular weight is 397 g/mol. The largest absolute Gasteiger partial charge is 0.356 e. The van der Waals surface area contributed by atoms with Crippen LogP contribution in [-0.4, -0.2) is 65.7 Å². The number of amides is 2. The highest BCUT2D eigenvalue weighted by molar-refractivity contribution is 5.97. The van der Waals surface area contributed by atoms with Crippen molar-refractivity contribution in [2.24, 2.45) is 4.99 Å². The van der Waals surface area contributed by atoms with E-state index in [1.165, 1.54) is 0 Å². The molecule has 1 aliphatic rings. The lowest BCUT2D eigenvalue weighted by atomic mass is 10.1. The molecule has 1 aliphatic heterocycles. The fourth-order valence-electron chi connectivity index (χ4n) is 3.05. The molecule has 3 N–H and O–H groups in total. The van der Waals surface area contributed by atoms with E-state index in [4.69, 9.17) is 0 Å². The van der Waals surface area contributed by atoms with Crippen LogP contribution in [0.2, 0.25) is 0 Å². The molecule has 2 aromatic rings. The Kier molecular flexibility index (Phi) is 7.21. The minimum Gasteiger partial charge on any atom is -0.356 e. The second-order valence-electron chi connectivity index (χ2n) is 6.75. The summed E-state index contributed by atoms with van der Waals surface area (Å²) in [5, 5.41) is 13.4. The number of aryl methyl sites for hydroxylation is 1. The second-order valence-corrected chi connectivity index (χ2v) is 6.75. The van der Waals surface area contributed by atoms with Crippen LogP contribution in [0.4, 0.5) is 0 Å². The van der Waals surface area contributed by atoms with E-state index in [2.05, 4.69) is 26.0 Å². The Labute approximate surface area is 170 Å². The number of piperazine rings is 1. The van der Waals surface area contributed by atoms with E-state index in [0.717, 1.165) is 31.0 Å². The van der Waals surface area contributed by atoms with Crippen LogP contribution in [0.3, 0.4) is 0 Å². The van der Waals surface area contributed by atoms with Crippen LogP contribution in [0.5, 0.6) is 0 Å². The van der Waals surface area contributed by atoms with Gasteiger partial charge in [0.2, 0.25) is 5.91 Å². The smallest absolute Gasteiger partial charge is 0.254 e. The number of aliphatic imine (C=N–C) groups is 1. The molecule has 0 bridgehead atoms. The van der Waals surface area contributed by atoms with Gasteiger partial charge in [0.25, 0.3) is 5.91 Å². The van der Waals surface area contributed by atoms with Gasteiger partial charge in [0, 0.05) is 57.7 Å².